The first-order chi connectivity index (χ1) is 21.8. The van der Waals surface area contributed by atoms with Crippen LogP contribution in [0.1, 0.15) is 101 Å². The number of hydrogen-bond donors (Lipinski definition) is 1. The molecule has 0 aliphatic carbocycles. The first-order valence-corrected chi connectivity index (χ1v) is 17.0. The molecule has 1 aromatic heterocycles. The van der Waals surface area contributed by atoms with E-state index in [1.807, 2.05) is 30.3 Å². The highest BCUT2D eigenvalue weighted by molar-refractivity contribution is 6.31. The molecule has 2 aromatic carbocycles. The van der Waals surface area contributed by atoms with E-state index in [0.717, 1.165) is 41.9 Å². The van der Waals surface area contributed by atoms with Gasteiger partial charge in [0.25, 0.3) is 0 Å². The Morgan fingerprint density at radius 2 is 1.64 bits per heavy atom. The van der Waals surface area contributed by atoms with Gasteiger partial charge in [-0.05, 0) is 75.4 Å². The maximum atomic E-state index is 14.1. The molecule has 244 valence electrons. The molecule has 0 unspecified atom stereocenters. The molecular formula is C36H47ClF3N5. The average molecular weight is 642 g/mol. The van der Waals surface area contributed by atoms with Gasteiger partial charge in [-0.25, -0.2) is 9.97 Å². The fourth-order valence-corrected chi connectivity index (χ4v) is 6.02. The van der Waals surface area contributed by atoms with Crippen LogP contribution >= 0.6 is 11.6 Å². The third kappa shape index (κ3) is 10.5. The monoisotopic (exact) mass is 641 g/mol. The molecule has 9 heteroatoms. The number of anilines is 1. The molecule has 0 saturated heterocycles. The van der Waals surface area contributed by atoms with Gasteiger partial charge < -0.3 is 5.32 Å². The number of benzene rings is 2. The maximum Gasteiger partial charge on any atom is 0.414 e. The Hall–Kier alpha value is -2.97. The van der Waals surface area contributed by atoms with Gasteiger partial charge in [0, 0.05) is 28.7 Å². The normalized spacial score (nSPS) is 14.0. The van der Waals surface area contributed by atoms with E-state index < -0.39 is 11.7 Å². The van der Waals surface area contributed by atoms with E-state index in [1.165, 1.54) is 38.5 Å². The lowest BCUT2D eigenvalue weighted by atomic mass is 10.0. The Morgan fingerprint density at radius 3 is 2.33 bits per heavy atom. The summed E-state index contributed by atoms with van der Waals surface area (Å²) in [7, 11) is 0. The average Bonchev–Trinajstić information content (AvgIpc) is 3.29. The predicted octanol–water partition coefficient (Wildman–Crippen LogP) is 10.4. The molecule has 0 bridgehead atoms. The number of halogens is 4. The number of allylic oxidation sites excluding steroid dienone is 1. The van der Waals surface area contributed by atoms with Crippen LogP contribution in [0.4, 0.5) is 19.0 Å². The molecule has 0 atom stereocenters. The topological polar surface area (TPSA) is 53.4 Å². The van der Waals surface area contributed by atoms with E-state index in [2.05, 4.69) is 29.1 Å². The highest BCUT2D eigenvalue weighted by Gasteiger charge is 2.36. The third-order valence-corrected chi connectivity index (χ3v) is 8.66. The molecule has 0 amide bonds. The van der Waals surface area contributed by atoms with Crippen LogP contribution < -0.4 is 5.32 Å². The van der Waals surface area contributed by atoms with Gasteiger partial charge >= 0.3 is 6.18 Å². The second-order valence-corrected chi connectivity index (χ2v) is 12.3. The first-order valence-electron chi connectivity index (χ1n) is 16.6. The second-order valence-electron chi connectivity index (χ2n) is 11.9. The van der Waals surface area contributed by atoms with Gasteiger partial charge in [0.05, 0.1) is 23.3 Å². The van der Waals surface area contributed by atoms with Crippen molar-refractivity contribution in [3.05, 3.63) is 70.0 Å². The number of nitrogens with zero attached hydrogens (tertiary/aromatic N) is 4. The lowest BCUT2D eigenvalue weighted by Crippen LogP contribution is -2.27. The number of aliphatic imine (C=N–C) groups is 1. The summed E-state index contributed by atoms with van der Waals surface area (Å²) in [4.78, 5) is 16.6. The number of fused-ring (bicyclic) bond motifs is 1. The van der Waals surface area contributed by atoms with Crippen LogP contribution in [-0.2, 0) is 13.0 Å². The molecule has 1 aliphatic rings. The van der Waals surface area contributed by atoms with E-state index >= 15 is 0 Å². The summed E-state index contributed by atoms with van der Waals surface area (Å²) in [5, 5.41) is 4.98. The third-order valence-electron chi connectivity index (χ3n) is 8.29. The fourth-order valence-electron chi connectivity index (χ4n) is 5.79. The van der Waals surface area contributed by atoms with Crippen molar-refractivity contribution in [3.63, 3.8) is 0 Å². The number of unbranched alkanes of at least 4 members (excludes halogenated alkanes) is 6. The lowest BCUT2D eigenvalue weighted by molar-refractivity contribution is -0.0934. The van der Waals surface area contributed by atoms with Crippen molar-refractivity contribution in [1.82, 2.24) is 14.9 Å². The summed E-state index contributed by atoms with van der Waals surface area (Å²) < 4.78 is 42.2. The van der Waals surface area contributed by atoms with Gasteiger partial charge in [-0.1, -0.05) is 88.2 Å². The highest BCUT2D eigenvalue weighted by Crippen LogP contribution is 2.38. The molecule has 0 saturated carbocycles. The summed E-state index contributed by atoms with van der Waals surface area (Å²) in [6, 6.07) is 13.0. The van der Waals surface area contributed by atoms with Crippen LogP contribution in [0.15, 0.2) is 53.0 Å². The largest absolute Gasteiger partial charge is 0.414 e. The standard InChI is InChI=1S/C36H47ClF3N5/c1-3-5-7-13-23-45(24-14-8-6-4-2)26-33-43-32-25-28(34-30(36(38,39)40)16-11-12-21-41-34)18-19-29(32)35(44-33)42-22-20-27-15-9-10-17-31(27)37/h9-10,15,17-19,21,25H,3-8,11-14,16,20,22-24,26H2,1-2H3,(H,42,43,44). The van der Waals surface area contributed by atoms with Crippen LogP contribution in [-0.4, -0.2) is 46.9 Å². The molecule has 0 radical (unpaired) electrons. The first kappa shape index (κ1) is 34.9. The van der Waals surface area contributed by atoms with Crippen molar-refractivity contribution < 1.29 is 13.2 Å². The summed E-state index contributed by atoms with van der Waals surface area (Å²) in [5.74, 6) is 1.35. The molecule has 5 nitrogen and oxygen atoms in total. The smallest absolute Gasteiger partial charge is 0.369 e. The highest BCUT2D eigenvalue weighted by atomic mass is 35.5. The number of alkyl halides is 3. The Balaban J connectivity index is 1.68. The Morgan fingerprint density at radius 1 is 0.911 bits per heavy atom. The van der Waals surface area contributed by atoms with E-state index in [9.17, 15) is 13.2 Å². The molecule has 0 fully saturated rings. The number of aromatic nitrogens is 2. The molecular weight excluding hydrogens is 595 g/mol. The number of rotatable bonds is 17. The van der Waals surface area contributed by atoms with Crippen LogP contribution in [0.3, 0.4) is 0 Å². The molecule has 0 spiro atoms. The van der Waals surface area contributed by atoms with Gasteiger partial charge in [-0.2, -0.15) is 13.2 Å². The second kappa shape index (κ2) is 17.7. The van der Waals surface area contributed by atoms with E-state index in [1.54, 1.807) is 18.3 Å². The predicted molar refractivity (Wildman–Crippen MR) is 182 cm³/mol. The van der Waals surface area contributed by atoms with Crippen molar-refractivity contribution in [2.75, 3.05) is 25.0 Å². The Kier molecular flexibility index (Phi) is 13.7. The minimum Gasteiger partial charge on any atom is -0.369 e. The lowest BCUT2D eigenvalue weighted by Gasteiger charge is -2.22. The zero-order valence-corrected chi connectivity index (χ0v) is 27.5. The quantitative estimate of drug-likeness (QED) is 0.149. The van der Waals surface area contributed by atoms with Crippen LogP contribution in [0, 0.1) is 0 Å². The fraction of sp³-hybridized carbons (Fsp3) is 0.528. The molecule has 3 aromatic rings. The van der Waals surface area contributed by atoms with Gasteiger partial charge in [0.15, 0.2) is 0 Å². The zero-order chi connectivity index (χ0) is 32.1. The van der Waals surface area contributed by atoms with Crippen molar-refractivity contribution in [2.45, 2.75) is 104 Å². The van der Waals surface area contributed by atoms with E-state index in [-0.39, 0.29) is 12.1 Å². The van der Waals surface area contributed by atoms with E-state index in [4.69, 9.17) is 21.6 Å². The van der Waals surface area contributed by atoms with Crippen LogP contribution in [0.25, 0.3) is 16.6 Å². The van der Waals surface area contributed by atoms with Crippen molar-refractivity contribution in [1.29, 1.82) is 0 Å². The molecule has 1 N–H and O–H groups in total. The van der Waals surface area contributed by atoms with Crippen molar-refractivity contribution in [2.24, 2.45) is 4.99 Å². The van der Waals surface area contributed by atoms with Gasteiger partial charge in [-0.15, -0.1) is 0 Å². The van der Waals surface area contributed by atoms with Crippen LogP contribution in [0.2, 0.25) is 5.02 Å². The molecule has 1 aliphatic heterocycles. The van der Waals surface area contributed by atoms with E-state index in [0.29, 0.717) is 55.1 Å². The molecule has 2 heterocycles. The SMILES string of the molecule is CCCCCCN(CCCCCC)Cc1nc(NCCc2ccccc2Cl)c2ccc(C3=C(C(F)(F)F)CCCC=N3)cc2n1. The summed E-state index contributed by atoms with van der Waals surface area (Å²) in [6.07, 6.45) is 8.19. The molecule has 45 heavy (non-hydrogen) atoms. The number of hydrogen-bond acceptors (Lipinski definition) is 5. The van der Waals surface area contributed by atoms with Gasteiger partial charge in [-0.3, -0.25) is 9.89 Å². The maximum absolute atomic E-state index is 14.1. The van der Waals surface area contributed by atoms with Crippen LogP contribution in [0.5, 0.6) is 0 Å². The van der Waals surface area contributed by atoms with Crippen molar-refractivity contribution in [3.8, 4) is 0 Å². The van der Waals surface area contributed by atoms with Gasteiger partial charge in [0.2, 0.25) is 0 Å². The molecule has 4 rings (SSSR count). The minimum atomic E-state index is -4.44. The van der Waals surface area contributed by atoms with Gasteiger partial charge in [0.1, 0.15) is 11.6 Å². The van der Waals surface area contributed by atoms with Crippen molar-refractivity contribution >= 4 is 40.2 Å². The Labute approximate surface area is 271 Å². The summed E-state index contributed by atoms with van der Waals surface area (Å²) >= 11 is 6.40. The summed E-state index contributed by atoms with van der Waals surface area (Å²) in [6.45, 7) is 7.57. The zero-order valence-electron chi connectivity index (χ0n) is 26.7. The summed E-state index contributed by atoms with van der Waals surface area (Å²) in [5.41, 5.74) is 1.49. The number of nitrogens with one attached hydrogen (secondary N) is 1. The minimum absolute atomic E-state index is 0.0104. The Bertz CT molecular complexity index is 1420.